The lowest BCUT2D eigenvalue weighted by atomic mass is 9.87. The smallest absolute Gasteiger partial charge is 0.226 e. The van der Waals surface area contributed by atoms with Crippen molar-refractivity contribution in [2.75, 3.05) is 5.32 Å². The Morgan fingerprint density at radius 1 is 1.15 bits per heavy atom. The molecule has 1 atom stereocenters. The van der Waals surface area contributed by atoms with Gasteiger partial charge in [-0.15, -0.1) is 0 Å². The van der Waals surface area contributed by atoms with Gasteiger partial charge in [0.05, 0.1) is 16.4 Å². The number of fused-ring (bicyclic) bond motifs is 2. The summed E-state index contributed by atoms with van der Waals surface area (Å²) < 4.78 is 2.85. The van der Waals surface area contributed by atoms with E-state index in [1.165, 1.54) is 5.56 Å². The highest BCUT2D eigenvalue weighted by Crippen LogP contribution is 2.39. The summed E-state index contributed by atoms with van der Waals surface area (Å²) in [5.74, 6) is 0.749. The van der Waals surface area contributed by atoms with Crippen LogP contribution in [0.3, 0.4) is 0 Å². The molecule has 1 amide bonds. The molecule has 128 valence electrons. The highest BCUT2D eigenvalue weighted by molar-refractivity contribution is 7.20. The summed E-state index contributed by atoms with van der Waals surface area (Å²) in [6.45, 7) is 2.06. The number of aromatic nitrogens is 3. The third-order valence-electron chi connectivity index (χ3n) is 4.76. The molecule has 0 aliphatic carbocycles. The molecule has 4 aromatic rings. The zero-order chi connectivity index (χ0) is 17.7. The van der Waals surface area contributed by atoms with Gasteiger partial charge in [0.1, 0.15) is 5.82 Å². The number of benzene rings is 2. The fraction of sp³-hybridized carbons (Fsp3) is 0.150. The van der Waals surface area contributed by atoms with E-state index in [4.69, 9.17) is 0 Å². The third kappa shape index (κ3) is 2.42. The van der Waals surface area contributed by atoms with E-state index in [2.05, 4.69) is 46.6 Å². The second-order valence-electron chi connectivity index (χ2n) is 6.54. The summed E-state index contributed by atoms with van der Waals surface area (Å²) in [5, 5.41) is 8.29. The number of aryl methyl sites for hydroxylation is 1. The number of anilines is 1. The van der Waals surface area contributed by atoms with Crippen molar-refractivity contribution in [1.82, 2.24) is 14.8 Å². The van der Waals surface area contributed by atoms with Crippen molar-refractivity contribution < 1.29 is 4.79 Å². The molecule has 2 aromatic carbocycles. The minimum Gasteiger partial charge on any atom is -0.310 e. The summed E-state index contributed by atoms with van der Waals surface area (Å²) >= 11 is 1.57. The lowest BCUT2D eigenvalue weighted by molar-refractivity contribution is -0.116. The van der Waals surface area contributed by atoms with Crippen LogP contribution in [0.15, 0.2) is 54.7 Å². The first-order valence-corrected chi connectivity index (χ1v) is 9.31. The number of para-hydroxylation sites is 1. The van der Waals surface area contributed by atoms with E-state index in [9.17, 15) is 4.79 Å². The number of rotatable bonds is 2. The molecule has 1 N–H and O–H groups in total. The van der Waals surface area contributed by atoms with Crippen LogP contribution in [0, 0.1) is 6.92 Å². The monoisotopic (exact) mass is 360 g/mol. The maximum atomic E-state index is 12.4. The number of amides is 1. The molecule has 0 spiro atoms. The fourth-order valence-corrected chi connectivity index (χ4v) is 4.34. The van der Waals surface area contributed by atoms with E-state index in [1.54, 1.807) is 16.0 Å². The average Bonchev–Trinajstić information content (AvgIpc) is 3.25. The quantitative estimate of drug-likeness (QED) is 0.581. The summed E-state index contributed by atoms with van der Waals surface area (Å²) in [7, 11) is 0. The van der Waals surface area contributed by atoms with Gasteiger partial charge in [0.25, 0.3) is 0 Å². The summed E-state index contributed by atoms with van der Waals surface area (Å²) in [6, 6.07) is 16.4. The van der Waals surface area contributed by atoms with Gasteiger partial charge in [-0.1, -0.05) is 53.3 Å². The first-order valence-electron chi connectivity index (χ1n) is 8.49. The molecule has 1 aliphatic heterocycles. The van der Waals surface area contributed by atoms with Gasteiger partial charge in [-0.2, -0.15) is 9.78 Å². The molecule has 0 saturated carbocycles. The number of hydrogen-bond donors (Lipinski definition) is 1. The molecule has 5 nitrogen and oxygen atoms in total. The number of carbonyl (C=O) groups is 1. The molecule has 1 unspecified atom stereocenters. The van der Waals surface area contributed by atoms with E-state index in [0.29, 0.717) is 6.42 Å². The minimum absolute atomic E-state index is 0.00550. The second kappa shape index (κ2) is 5.78. The Bertz CT molecular complexity index is 1090. The Morgan fingerprint density at radius 2 is 1.96 bits per heavy atom. The van der Waals surface area contributed by atoms with Crippen molar-refractivity contribution in [3.8, 4) is 5.13 Å². The maximum Gasteiger partial charge on any atom is 0.226 e. The largest absolute Gasteiger partial charge is 0.310 e. The molecule has 5 rings (SSSR count). The molecule has 26 heavy (non-hydrogen) atoms. The zero-order valence-corrected chi connectivity index (χ0v) is 15.0. The van der Waals surface area contributed by atoms with Gasteiger partial charge >= 0.3 is 0 Å². The molecule has 0 fully saturated rings. The van der Waals surface area contributed by atoms with Crippen LogP contribution in [0.1, 0.15) is 29.0 Å². The molecule has 6 heteroatoms. The Balaban J connectivity index is 1.63. The lowest BCUT2D eigenvalue weighted by Crippen LogP contribution is -2.24. The van der Waals surface area contributed by atoms with E-state index < -0.39 is 0 Å². The van der Waals surface area contributed by atoms with E-state index in [-0.39, 0.29) is 11.8 Å². The maximum absolute atomic E-state index is 12.4. The van der Waals surface area contributed by atoms with Gasteiger partial charge in [-0.3, -0.25) is 4.79 Å². The van der Waals surface area contributed by atoms with E-state index in [1.807, 2.05) is 30.5 Å². The number of carbonyl (C=O) groups excluding carboxylic acids is 1. The molecular weight excluding hydrogens is 344 g/mol. The van der Waals surface area contributed by atoms with Crippen molar-refractivity contribution >= 4 is 33.3 Å². The van der Waals surface area contributed by atoms with Crippen LogP contribution >= 0.6 is 11.3 Å². The van der Waals surface area contributed by atoms with Crippen molar-refractivity contribution in [2.24, 2.45) is 0 Å². The molecule has 0 radical (unpaired) electrons. The Morgan fingerprint density at radius 3 is 2.77 bits per heavy atom. The Hall–Kier alpha value is -2.99. The number of nitrogens with zero attached hydrogens (tertiary/aromatic N) is 3. The van der Waals surface area contributed by atoms with Gasteiger partial charge in [0.2, 0.25) is 11.0 Å². The first kappa shape index (κ1) is 15.3. The number of nitrogens with one attached hydrogen (secondary N) is 1. The van der Waals surface area contributed by atoms with Crippen LogP contribution in [0.25, 0.3) is 15.3 Å². The average molecular weight is 360 g/mol. The second-order valence-corrected chi connectivity index (χ2v) is 7.55. The van der Waals surface area contributed by atoms with Crippen LogP contribution in [0.2, 0.25) is 0 Å². The van der Waals surface area contributed by atoms with Crippen molar-refractivity contribution in [3.63, 3.8) is 0 Å². The molecule has 1 aliphatic rings. The molecule has 0 bridgehead atoms. The molecule has 3 heterocycles. The van der Waals surface area contributed by atoms with E-state index in [0.717, 1.165) is 32.3 Å². The zero-order valence-electron chi connectivity index (χ0n) is 14.1. The lowest BCUT2D eigenvalue weighted by Gasteiger charge is -2.23. The van der Waals surface area contributed by atoms with Gasteiger partial charge < -0.3 is 5.32 Å². The van der Waals surface area contributed by atoms with Crippen LogP contribution in [0.4, 0.5) is 5.82 Å². The summed E-state index contributed by atoms with van der Waals surface area (Å²) in [5.41, 5.74) is 4.32. The topological polar surface area (TPSA) is 59.8 Å². The van der Waals surface area contributed by atoms with Crippen molar-refractivity contribution in [2.45, 2.75) is 19.3 Å². The summed E-state index contributed by atoms with van der Waals surface area (Å²) in [4.78, 5) is 17.0. The number of hydrogen-bond acceptors (Lipinski definition) is 4. The fourth-order valence-electron chi connectivity index (χ4n) is 3.41. The van der Waals surface area contributed by atoms with Crippen molar-refractivity contribution in [1.29, 1.82) is 0 Å². The summed E-state index contributed by atoms with van der Waals surface area (Å²) in [6.07, 6.45) is 2.28. The van der Waals surface area contributed by atoms with Gasteiger partial charge in [-0.25, -0.2) is 4.98 Å². The van der Waals surface area contributed by atoms with Crippen LogP contribution < -0.4 is 5.32 Å². The van der Waals surface area contributed by atoms with Crippen LogP contribution in [-0.2, 0) is 4.79 Å². The number of thiazole rings is 1. The molecule has 0 saturated heterocycles. The Labute approximate surface area is 154 Å². The molecular formula is C20H16N4OS. The standard InChI is InChI=1S/C20H16N4OS/c1-12-6-8-13(9-7-12)14-10-18(25)23-19-15(14)11-21-24(19)20-22-16-4-2-3-5-17(16)26-20/h2-9,11,14H,10H2,1H3,(H,23,25). The highest BCUT2D eigenvalue weighted by atomic mass is 32.1. The van der Waals surface area contributed by atoms with Crippen molar-refractivity contribution in [3.05, 3.63) is 71.4 Å². The predicted molar refractivity (Wildman–Crippen MR) is 103 cm³/mol. The third-order valence-corrected chi connectivity index (χ3v) is 5.78. The van der Waals surface area contributed by atoms with Gasteiger partial charge in [0.15, 0.2) is 0 Å². The van der Waals surface area contributed by atoms with E-state index >= 15 is 0 Å². The van der Waals surface area contributed by atoms with Gasteiger partial charge in [0, 0.05) is 17.9 Å². The Kier molecular flexibility index (Phi) is 3.39. The minimum atomic E-state index is 0.00550. The normalized spacial score (nSPS) is 16.5. The first-order chi connectivity index (χ1) is 12.7. The molecule has 2 aromatic heterocycles. The van der Waals surface area contributed by atoms with Crippen LogP contribution in [0.5, 0.6) is 0 Å². The highest BCUT2D eigenvalue weighted by Gasteiger charge is 2.30. The van der Waals surface area contributed by atoms with Crippen LogP contribution in [-0.4, -0.2) is 20.7 Å². The SMILES string of the molecule is Cc1ccc(C2CC(=O)Nc3c2cnn3-c2nc3ccccc3s2)cc1. The predicted octanol–water partition coefficient (Wildman–Crippen LogP) is 4.26. The van der Waals surface area contributed by atoms with Gasteiger partial charge in [-0.05, 0) is 24.6 Å².